The number of amides is 1. The first-order valence-corrected chi connectivity index (χ1v) is 10.8. The van der Waals surface area contributed by atoms with Crippen molar-refractivity contribution in [3.05, 3.63) is 70.5 Å². The Kier molecular flexibility index (Phi) is 5.98. The molecule has 31 heavy (non-hydrogen) atoms. The molecule has 10 heteroatoms. The Hall–Kier alpha value is -2.52. The van der Waals surface area contributed by atoms with E-state index in [1.165, 1.54) is 17.3 Å². The molecule has 2 atom stereocenters. The molecular weight excluding hydrogens is 449 g/mol. The van der Waals surface area contributed by atoms with Crippen molar-refractivity contribution in [2.45, 2.75) is 29.6 Å². The third-order valence-corrected chi connectivity index (χ3v) is 6.47. The number of carbonyl (C=O) groups is 1. The Morgan fingerprint density at radius 1 is 1.19 bits per heavy atom. The van der Waals surface area contributed by atoms with E-state index in [2.05, 4.69) is 27.6 Å². The van der Waals surface area contributed by atoms with Gasteiger partial charge in [0.2, 0.25) is 5.91 Å². The number of nitrogens with zero attached hydrogens (tertiary/aromatic N) is 3. The van der Waals surface area contributed by atoms with E-state index >= 15 is 0 Å². The van der Waals surface area contributed by atoms with E-state index in [1.807, 2.05) is 29.8 Å². The number of hydrogen-bond acceptors (Lipinski definition) is 4. The molecule has 1 N–H and O–H groups in total. The molecular formula is C21H18ClF3N4OS. The summed E-state index contributed by atoms with van der Waals surface area (Å²) in [6.07, 6.45) is -3.52. The van der Waals surface area contributed by atoms with E-state index in [0.717, 1.165) is 30.4 Å². The van der Waals surface area contributed by atoms with Gasteiger partial charge in [-0.1, -0.05) is 53.7 Å². The van der Waals surface area contributed by atoms with Crippen molar-refractivity contribution in [3.63, 3.8) is 0 Å². The Morgan fingerprint density at radius 3 is 2.65 bits per heavy atom. The number of thioether (sulfide) groups is 1. The number of carbonyl (C=O) groups excluding carboxylic acids is 1. The lowest BCUT2D eigenvalue weighted by Gasteiger charge is -2.11. The molecule has 162 valence electrons. The average molecular weight is 467 g/mol. The Balaban J connectivity index is 1.37. The highest BCUT2D eigenvalue weighted by Gasteiger charge is 2.43. The summed E-state index contributed by atoms with van der Waals surface area (Å²) in [5.74, 6) is 1.04. The lowest BCUT2D eigenvalue weighted by Crippen LogP contribution is -2.16. The zero-order valence-corrected chi connectivity index (χ0v) is 17.9. The molecule has 1 aromatic heterocycles. The summed E-state index contributed by atoms with van der Waals surface area (Å²) in [6, 6.07) is 13.0. The molecule has 0 bridgehead atoms. The van der Waals surface area contributed by atoms with Gasteiger partial charge in [0.15, 0.2) is 5.16 Å². The summed E-state index contributed by atoms with van der Waals surface area (Å²) in [7, 11) is 1.85. The third-order valence-electron chi connectivity index (χ3n) is 5.12. The first-order chi connectivity index (χ1) is 14.7. The molecule has 0 aliphatic heterocycles. The molecule has 2 aromatic carbocycles. The lowest BCUT2D eigenvalue weighted by atomic mass is 10.1. The maximum absolute atomic E-state index is 12.9. The molecule has 4 rings (SSSR count). The van der Waals surface area contributed by atoms with E-state index in [0.29, 0.717) is 11.1 Å². The van der Waals surface area contributed by atoms with E-state index in [-0.39, 0.29) is 22.4 Å². The number of anilines is 1. The van der Waals surface area contributed by atoms with Crippen LogP contribution in [-0.4, -0.2) is 26.4 Å². The largest absolute Gasteiger partial charge is 0.416 e. The average Bonchev–Trinajstić information content (AvgIpc) is 3.44. The summed E-state index contributed by atoms with van der Waals surface area (Å²) in [5, 5.41) is 11.5. The van der Waals surface area contributed by atoms with Gasteiger partial charge >= 0.3 is 6.18 Å². The molecule has 3 aromatic rings. The maximum Gasteiger partial charge on any atom is 0.416 e. The predicted molar refractivity (Wildman–Crippen MR) is 113 cm³/mol. The topological polar surface area (TPSA) is 59.8 Å². The van der Waals surface area contributed by atoms with Crippen LogP contribution in [0.15, 0.2) is 53.7 Å². The second-order valence-corrected chi connectivity index (χ2v) is 8.64. The molecule has 5 nitrogen and oxygen atoms in total. The van der Waals surface area contributed by atoms with E-state index < -0.39 is 17.6 Å². The first kappa shape index (κ1) is 21.7. The van der Waals surface area contributed by atoms with Gasteiger partial charge in [0.25, 0.3) is 0 Å². The number of alkyl halides is 3. The van der Waals surface area contributed by atoms with Crippen LogP contribution in [0.3, 0.4) is 0 Å². The first-order valence-electron chi connectivity index (χ1n) is 9.47. The molecule has 2 unspecified atom stereocenters. The zero-order valence-electron chi connectivity index (χ0n) is 16.4. The minimum absolute atomic E-state index is 0.0352. The molecule has 1 saturated carbocycles. The van der Waals surface area contributed by atoms with E-state index in [4.69, 9.17) is 11.6 Å². The van der Waals surface area contributed by atoms with Gasteiger partial charge in [-0.25, -0.2) is 0 Å². The van der Waals surface area contributed by atoms with Gasteiger partial charge in [-0.05, 0) is 36.1 Å². The van der Waals surface area contributed by atoms with Crippen LogP contribution < -0.4 is 5.32 Å². The summed E-state index contributed by atoms with van der Waals surface area (Å²) < 4.78 is 40.5. The highest BCUT2D eigenvalue weighted by molar-refractivity contribution is 7.99. The van der Waals surface area contributed by atoms with Gasteiger partial charge in [0.05, 0.1) is 22.0 Å². The van der Waals surface area contributed by atoms with Crippen LogP contribution in [0.4, 0.5) is 18.9 Å². The lowest BCUT2D eigenvalue weighted by molar-refractivity contribution is -0.137. The fraction of sp³-hybridized carbons (Fsp3) is 0.286. The normalized spacial score (nSPS) is 18.1. The zero-order chi connectivity index (χ0) is 22.2. The number of nitrogens with one attached hydrogen (secondary N) is 1. The van der Waals surface area contributed by atoms with Gasteiger partial charge in [-0.2, -0.15) is 13.2 Å². The van der Waals surface area contributed by atoms with E-state index in [1.54, 1.807) is 0 Å². The summed E-state index contributed by atoms with van der Waals surface area (Å²) in [5.41, 5.74) is 0.307. The Morgan fingerprint density at radius 2 is 1.94 bits per heavy atom. The van der Waals surface area contributed by atoms with Crippen LogP contribution in [0.1, 0.15) is 35.2 Å². The fourth-order valence-corrected chi connectivity index (χ4v) is 4.32. The minimum Gasteiger partial charge on any atom is -0.324 e. The quantitative estimate of drug-likeness (QED) is 0.488. The van der Waals surface area contributed by atoms with Crippen molar-refractivity contribution in [2.24, 2.45) is 7.05 Å². The van der Waals surface area contributed by atoms with Crippen LogP contribution in [0.2, 0.25) is 5.02 Å². The predicted octanol–water partition coefficient (Wildman–Crippen LogP) is 5.49. The number of aromatic nitrogens is 3. The van der Waals surface area contributed by atoms with Gasteiger partial charge in [-0.3, -0.25) is 4.79 Å². The molecule has 0 radical (unpaired) electrons. The van der Waals surface area contributed by atoms with Crippen LogP contribution in [-0.2, 0) is 18.0 Å². The number of rotatable bonds is 6. The second kappa shape index (κ2) is 8.55. The van der Waals surface area contributed by atoms with Crippen LogP contribution in [0.5, 0.6) is 0 Å². The fourth-order valence-electron chi connectivity index (χ4n) is 3.44. The van der Waals surface area contributed by atoms with Crippen LogP contribution in [0.25, 0.3) is 0 Å². The van der Waals surface area contributed by atoms with Crippen molar-refractivity contribution in [1.29, 1.82) is 0 Å². The third kappa shape index (κ3) is 4.88. The molecule has 1 aliphatic rings. The van der Waals surface area contributed by atoms with Crippen molar-refractivity contribution in [2.75, 3.05) is 11.1 Å². The second-order valence-electron chi connectivity index (χ2n) is 7.29. The van der Waals surface area contributed by atoms with Gasteiger partial charge in [-0.15, -0.1) is 10.2 Å². The molecule has 1 aliphatic carbocycles. The molecule has 1 heterocycles. The Labute approximate surface area is 186 Å². The molecule has 1 amide bonds. The standard InChI is InChI=1S/C21H18ClF3N4OS/c1-29-19(15-10-14(15)12-5-3-2-4-6-12)27-28-20(29)31-11-18(30)26-17-9-13(21(23,24)25)7-8-16(17)22/h2-9,14-15H,10-11H2,1H3,(H,26,30). The summed E-state index contributed by atoms with van der Waals surface area (Å²) in [6.45, 7) is 0. The summed E-state index contributed by atoms with van der Waals surface area (Å²) >= 11 is 7.09. The summed E-state index contributed by atoms with van der Waals surface area (Å²) in [4.78, 5) is 12.3. The highest BCUT2D eigenvalue weighted by Crippen LogP contribution is 2.54. The smallest absolute Gasteiger partial charge is 0.324 e. The highest BCUT2D eigenvalue weighted by atomic mass is 35.5. The molecule has 0 spiro atoms. The van der Waals surface area contributed by atoms with Crippen molar-refractivity contribution in [1.82, 2.24) is 14.8 Å². The number of halogens is 4. The van der Waals surface area contributed by atoms with Crippen LogP contribution in [0, 0.1) is 0 Å². The van der Waals surface area contributed by atoms with Crippen molar-refractivity contribution >= 4 is 35.0 Å². The monoisotopic (exact) mass is 466 g/mol. The maximum atomic E-state index is 12.9. The van der Waals surface area contributed by atoms with Crippen LogP contribution >= 0.6 is 23.4 Å². The Bertz CT molecular complexity index is 1100. The molecule has 0 saturated heterocycles. The minimum atomic E-state index is -4.52. The van der Waals surface area contributed by atoms with Gasteiger partial charge in [0, 0.05) is 13.0 Å². The SMILES string of the molecule is Cn1c(SCC(=O)Nc2cc(C(F)(F)F)ccc2Cl)nnc1C1CC1c1ccccc1. The van der Waals surface area contributed by atoms with Gasteiger partial charge < -0.3 is 9.88 Å². The number of hydrogen-bond donors (Lipinski definition) is 1. The van der Waals surface area contributed by atoms with Crippen molar-refractivity contribution < 1.29 is 18.0 Å². The molecule has 1 fully saturated rings. The number of benzene rings is 2. The van der Waals surface area contributed by atoms with Gasteiger partial charge in [0.1, 0.15) is 5.82 Å². The van der Waals surface area contributed by atoms with E-state index in [9.17, 15) is 18.0 Å². The van der Waals surface area contributed by atoms with Crippen molar-refractivity contribution in [3.8, 4) is 0 Å².